The average Bonchev–Trinajstić information content (AvgIpc) is 3.11. The SMILES string of the molecule is O=C(C1CCCO1)N1CCC(CO)(Cc2ccc(Cl)cc2)CC1. The number of piperidine rings is 1. The molecule has 0 radical (unpaired) electrons. The molecule has 3 rings (SSSR count). The molecule has 0 aromatic heterocycles. The summed E-state index contributed by atoms with van der Waals surface area (Å²) in [5.41, 5.74) is 1.04. The van der Waals surface area contributed by atoms with Crippen molar-refractivity contribution in [2.24, 2.45) is 5.41 Å². The number of likely N-dealkylation sites (tertiary alicyclic amines) is 1. The molecule has 1 aromatic rings. The van der Waals surface area contributed by atoms with E-state index in [2.05, 4.69) is 0 Å². The number of rotatable bonds is 4. The van der Waals surface area contributed by atoms with Crippen LogP contribution < -0.4 is 0 Å². The average molecular weight is 338 g/mol. The Labute approximate surface area is 142 Å². The van der Waals surface area contributed by atoms with Crippen LogP contribution in [0.5, 0.6) is 0 Å². The van der Waals surface area contributed by atoms with Gasteiger partial charge in [-0.25, -0.2) is 0 Å². The minimum Gasteiger partial charge on any atom is -0.396 e. The van der Waals surface area contributed by atoms with Gasteiger partial charge < -0.3 is 14.7 Å². The fourth-order valence-corrected chi connectivity index (χ4v) is 3.73. The van der Waals surface area contributed by atoms with Crippen molar-refractivity contribution in [1.29, 1.82) is 0 Å². The molecule has 1 N–H and O–H groups in total. The third-order valence-corrected chi connectivity index (χ3v) is 5.42. The van der Waals surface area contributed by atoms with Gasteiger partial charge in [0.15, 0.2) is 0 Å². The van der Waals surface area contributed by atoms with Crippen molar-refractivity contribution in [3.8, 4) is 0 Å². The van der Waals surface area contributed by atoms with Gasteiger partial charge in [0.1, 0.15) is 6.10 Å². The van der Waals surface area contributed by atoms with E-state index in [0.717, 1.165) is 37.1 Å². The molecular formula is C18H24ClNO3. The van der Waals surface area contributed by atoms with Crippen molar-refractivity contribution < 1.29 is 14.6 Å². The Kier molecular flexibility index (Phi) is 5.24. The number of aliphatic hydroxyl groups excluding tert-OH is 1. The molecule has 126 valence electrons. The molecule has 2 aliphatic heterocycles. The largest absolute Gasteiger partial charge is 0.396 e. The second-order valence-electron chi connectivity index (χ2n) is 6.79. The molecule has 1 amide bonds. The van der Waals surface area contributed by atoms with Gasteiger partial charge in [-0.3, -0.25) is 4.79 Å². The van der Waals surface area contributed by atoms with Crippen LogP contribution in [-0.4, -0.2) is 48.3 Å². The lowest BCUT2D eigenvalue weighted by Gasteiger charge is -2.41. The van der Waals surface area contributed by atoms with E-state index in [9.17, 15) is 9.90 Å². The predicted molar refractivity (Wildman–Crippen MR) is 89.5 cm³/mol. The number of nitrogens with zero attached hydrogens (tertiary/aromatic N) is 1. The number of ether oxygens (including phenoxy) is 1. The quantitative estimate of drug-likeness (QED) is 0.919. The van der Waals surface area contributed by atoms with E-state index in [1.165, 1.54) is 5.56 Å². The minimum absolute atomic E-state index is 0.125. The molecule has 0 saturated carbocycles. The number of hydrogen-bond donors (Lipinski definition) is 1. The van der Waals surface area contributed by atoms with Crippen molar-refractivity contribution in [2.75, 3.05) is 26.3 Å². The van der Waals surface area contributed by atoms with E-state index in [1.54, 1.807) is 0 Å². The van der Waals surface area contributed by atoms with E-state index < -0.39 is 0 Å². The summed E-state index contributed by atoms with van der Waals surface area (Å²) < 4.78 is 5.50. The normalized spacial score (nSPS) is 23.9. The van der Waals surface area contributed by atoms with Gasteiger partial charge in [-0.05, 0) is 49.8 Å². The summed E-state index contributed by atoms with van der Waals surface area (Å²) >= 11 is 5.93. The van der Waals surface area contributed by atoms with Crippen LogP contribution in [0.25, 0.3) is 0 Å². The van der Waals surface area contributed by atoms with Gasteiger partial charge in [0.25, 0.3) is 5.91 Å². The molecular weight excluding hydrogens is 314 g/mol. The highest BCUT2D eigenvalue weighted by atomic mass is 35.5. The first kappa shape index (κ1) is 16.7. The Morgan fingerprint density at radius 2 is 2.00 bits per heavy atom. The molecule has 0 spiro atoms. The van der Waals surface area contributed by atoms with Crippen LogP contribution in [0.2, 0.25) is 5.02 Å². The number of carbonyl (C=O) groups excluding carboxylic acids is 1. The van der Waals surface area contributed by atoms with Gasteiger partial charge in [0.05, 0.1) is 0 Å². The first-order chi connectivity index (χ1) is 11.1. The maximum absolute atomic E-state index is 12.4. The minimum atomic E-state index is -0.243. The Morgan fingerprint density at radius 3 is 2.57 bits per heavy atom. The highest BCUT2D eigenvalue weighted by molar-refractivity contribution is 6.30. The Bertz CT molecular complexity index is 532. The molecule has 1 aromatic carbocycles. The lowest BCUT2D eigenvalue weighted by atomic mass is 9.74. The van der Waals surface area contributed by atoms with Crippen LogP contribution in [0.3, 0.4) is 0 Å². The molecule has 0 bridgehead atoms. The van der Waals surface area contributed by atoms with Crippen molar-refractivity contribution in [3.63, 3.8) is 0 Å². The summed E-state index contributed by atoms with van der Waals surface area (Å²) in [6.45, 7) is 2.25. The molecule has 2 fully saturated rings. The van der Waals surface area contributed by atoms with E-state index in [1.807, 2.05) is 29.2 Å². The summed E-state index contributed by atoms with van der Waals surface area (Å²) in [6.07, 6.45) is 4.04. The van der Waals surface area contributed by atoms with Gasteiger partial charge in [-0.15, -0.1) is 0 Å². The summed E-state index contributed by atoms with van der Waals surface area (Å²) in [5.74, 6) is 0.125. The highest BCUT2D eigenvalue weighted by Crippen LogP contribution is 2.35. The molecule has 4 nitrogen and oxygen atoms in total. The third-order valence-electron chi connectivity index (χ3n) is 5.17. The maximum Gasteiger partial charge on any atom is 0.251 e. The number of hydrogen-bond acceptors (Lipinski definition) is 3. The Balaban J connectivity index is 1.60. The summed E-state index contributed by atoms with van der Waals surface area (Å²) in [5, 5.41) is 10.7. The Morgan fingerprint density at radius 1 is 1.30 bits per heavy atom. The number of aliphatic hydroxyl groups is 1. The van der Waals surface area contributed by atoms with E-state index >= 15 is 0 Å². The van der Waals surface area contributed by atoms with Gasteiger partial charge >= 0.3 is 0 Å². The standard InChI is InChI=1S/C18H24ClNO3/c19-15-5-3-14(4-6-15)12-18(13-21)7-9-20(10-8-18)17(22)16-2-1-11-23-16/h3-6,16,21H,1-2,7-13H2. The zero-order valence-corrected chi connectivity index (χ0v) is 14.1. The molecule has 1 atom stereocenters. The van der Waals surface area contributed by atoms with Gasteiger partial charge in [0.2, 0.25) is 0 Å². The lowest BCUT2D eigenvalue weighted by molar-refractivity contribution is -0.143. The zero-order valence-electron chi connectivity index (χ0n) is 13.3. The second-order valence-corrected chi connectivity index (χ2v) is 7.22. The van der Waals surface area contributed by atoms with Crippen molar-refractivity contribution in [3.05, 3.63) is 34.9 Å². The van der Waals surface area contributed by atoms with Gasteiger partial charge in [-0.2, -0.15) is 0 Å². The Hall–Kier alpha value is -1.10. The van der Waals surface area contributed by atoms with Crippen molar-refractivity contribution >= 4 is 17.5 Å². The lowest BCUT2D eigenvalue weighted by Crippen LogP contribution is -2.48. The fraction of sp³-hybridized carbons (Fsp3) is 0.611. The number of carbonyl (C=O) groups is 1. The first-order valence-corrected chi connectivity index (χ1v) is 8.75. The van der Waals surface area contributed by atoms with E-state index in [-0.39, 0.29) is 24.0 Å². The third kappa shape index (κ3) is 3.87. The zero-order chi connectivity index (χ0) is 16.3. The fourth-order valence-electron chi connectivity index (χ4n) is 3.60. The van der Waals surface area contributed by atoms with Crippen LogP contribution in [0.4, 0.5) is 0 Å². The molecule has 1 unspecified atom stereocenters. The van der Waals surface area contributed by atoms with Crippen LogP contribution in [0.1, 0.15) is 31.2 Å². The first-order valence-electron chi connectivity index (χ1n) is 8.38. The highest BCUT2D eigenvalue weighted by Gasteiger charge is 2.37. The van der Waals surface area contributed by atoms with Gasteiger partial charge in [0, 0.05) is 36.7 Å². The van der Waals surface area contributed by atoms with Crippen molar-refractivity contribution in [2.45, 2.75) is 38.2 Å². The van der Waals surface area contributed by atoms with E-state index in [0.29, 0.717) is 19.7 Å². The molecule has 2 heterocycles. The maximum atomic E-state index is 12.4. The summed E-state index contributed by atoms with van der Waals surface area (Å²) in [7, 11) is 0. The molecule has 2 aliphatic rings. The summed E-state index contributed by atoms with van der Waals surface area (Å²) in [4.78, 5) is 14.3. The predicted octanol–water partition coefficient (Wildman–Crippen LogP) is 2.66. The van der Waals surface area contributed by atoms with Crippen LogP contribution in [-0.2, 0) is 16.0 Å². The smallest absolute Gasteiger partial charge is 0.251 e. The van der Waals surface area contributed by atoms with Crippen molar-refractivity contribution in [1.82, 2.24) is 4.90 Å². The molecule has 0 aliphatic carbocycles. The monoisotopic (exact) mass is 337 g/mol. The van der Waals surface area contributed by atoms with Crippen LogP contribution >= 0.6 is 11.6 Å². The van der Waals surface area contributed by atoms with Crippen LogP contribution in [0.15, 0.2) is 24.3 Å². The van der Waals surface area contributed by atoms with Gasteiger partial charge in [-0.1, -0.05) is 23.7 Å². The van der Waals surface area contributed by atoms with Crippen LogP contribution in [0, 0.1) is 5.41 Å². The number of benzene rings is 1. The topological polar surface area (TPSA) is 49.8 Å². The molecule has 5 heteroatoms. The molecule has 2 saturated heterocycles. The van der Waals surface area contributed by atoms with E-state index in [4.69, 9.17) is 16.3 Å². The second kappa shape index (κ2) is 7.20. The number of amides is 1. The number of halogens is 1. The molecule has 23 heavy (non-hydrogen) atoms. The summed E-state index contributed by atoms with van der Waals surface area (Å²) in [6, 6.07) is 7.81.